The van der Waals surface area contributed by atoms with Crippen LogP contribution in [0.25, 0.3) is 11.4 Å². The minimum absolute atomic E-state index is 0.278. The molecule has 0 bridgehead atoms. The van der Waals surface area contributed by atoms with E-state index in [-0.39, 0.29) is 5.82 Å². The van der Waals surface area contributed by atoms with Gasteiger partial charge in [-0.15, -0.1) is 15.0 Å². The third-order valence-corrected chi connectivity index (χ3v) is 3.81. The van der Waals surface area contributed by atoms with Gasteiger partial charge in [0.1, 0.15) is 12.5 Å². The molecule has 0 amide bonds. The number of tetrazole rings is 1. The highest BCUT2D eigenvalue weighted by atomic mass is 19.1. The number of aromatic nitrogens is 4. The van der Waals surface area contributed by atoms with Crippen molar-refractivity contribution in [3.05, 3.63) is 65.5 Å². The number of nitrogens with zero attached hydrogens (tertiary/aromatic N) is 5. The Morgan fingerprint density at radius 2 is 1.67 bits per heavy atom. The molecule has 0 saturated heterocycles. The van der Waals surface area contributed by atoms with Crippen molar-refractivity contribution in [2.24, 2.45) is 0 Å². The van der Waals surface area contributed by atoms with Crippen LogP contribution in [-0.4, -0.2) is 32.2 Å². The largest absolute Gasteiger partial charge is 0.282 e. The van der Waals surface area contributed by atoms with Crippen molar-refractivity contribution in [2.45, 2.75) is 26.6 Å². The molecule has 0 fully saturated rings. The monoisotopic (exact) mass is 325 g/mol. The molecule has 0 radical (unpaired) electrons. The van der Waals surface area contributed by atoms with Crippen LogP contribution < -0.4 is 0 Å². The van der Waals surface area contributed by atoms with E-state index in [1.54, 1.807) is 16.9 Å². The Morgan fingerprint density at radius 1 is 1.00 bits per heavy atom. The molecule has 1 aromatic heterocycles. The van der Waals surface area contributed by atoms with Crippen molar-refractivity contribution in [1.82, 2.24) is 25.1 Å². The van der Waals surface area contributed by atoms with Crippen molar-refractivity contribution in [1.29, 1.82) is 0 Å². The third kappa shape index (κ3) is 4.02. The van der Waals surface area contributed by atoms with Gasteiger partial charge >= 0.3 is 0 Å². The molecule has 5 nitrogen and oxygen atoms in total. The summed E-state index contributed by atoms with van der Waals surface area (Å²) >= 11 is 0. The van der Waals surface area contributed by atoms with Gasteiger partial charge in [-0.25, -0.2) is 4.39 Å². The Labute approximate surface area is 140 Å². The van der Waals surface area contributed by atoms with Gasteiger partial charge in [0.2, 0.25) is 5.82 Å². The molecule has 0 aliphatic carbocycles. The van der Waals surface area contributed by atoms with Gasteiger partial charge in [0.05, 0.1) is 0 Å². The molecule has 6 heteroatoms. The van der Waals surface area contributed by atoms with Crippen molar-refractivity contribution < 1.29 is 4.39 Å². The van der Waals surface area contributed by atoms with Crippen molar-refractivity contribution in [3.63, 3.8) is 0 Å². The van der Waals surface area contributed by atoms with Crippen molar-refractivity contribution in [3.8, 4) is 11.4 Å². The van der Waals surface area contributed by atoms with Crippen LogP contribution in [0.1, 0.15) is 18.1 Å². The first-order valence-corrected chi connectivity index (χ1v) is 7.94. The summed E-state index contributed by atoms with van der Waals surface area (Å²) < 4.78 is 13.0. The highest BCUT2D eigenvalue weighted by molar-refractivity contribution is 5.53. The van der Waals surface area contributed by atoms with E-state index in [1.807, 2.05) is 7.05 Å². The zero-order valence-corrected chi connectivity index (χ0v) is 13.9. The van der Waals surface area contributed by atoms with Gasteiger partial charge < -0.3 is 0 Å². The molecule has 0 aliphatic heterocycles. The summed E-state index contributed by atoms with van der Waals surface area (Å²) in [5, 5.41) is 12.4. The maximum atomic E-state index is 13.0. The first-order chi connectivity index (χ1) is 11.6. The number of halogens is 1. The summed E-state index contributed by atoms with van der Waals surface area (Å²) in [6, 6.07) is 14.7. The van der Waals surface area contributed by atoms with Gasteiger partial charge in [-0.3, -0.25) is 4.90 Å². The highest BCUT2D eigenvalue weighted by Gasteiger charge is 2.08. The van der Waals surface area contributed by atoms with E-state index in [9.17, 15) is 4.39 Å². The fourth-order valence-electron chi connectivity index (χ4n) is 2.48. The van der Waals surface area contributed by atoms with E-state index in [4.69, 9.17) is 0 Å². The topological polar surface area (TPSA) is 46.8 Å². The molecule has 3 aromatic rings. The van der Waals surface area contributed by atoms with Crippen LogP contribution in [0.5, 0.6) is 0 Å². The summed E-state index contributed by atoms with van der Waals surface area (Å²) in [6.07, 6.45) is 1.05. The maximum absolute atomic E-state index is 13.0. The molecule has 0 unspecified atom stereocenters. The zero-order valence-electron chi connectivity index (χ0n) is 13.9. The Morgan fingerprint density at radius 3 is 2.33 bits per heavy atom. The van der Waals surface area contributed by atoms with Gasteiger partial charge in [-0.1, -0.05) is 31.2 Å². The van der Waals surface area contributed by atoms with Gasteiger partial charge in [0.15, 0.2) is 0 Å². The zero-order chi connectivity index (χ0) is 16.9. The summed E-state index contributed by atoms with van der Waals surface area (Å²) in [7, 11) is 2.01. The van der Waals surface area contributed by atoms with Crippen LogP contribution >= 0.6 is 0 Å². The van der Waals surface area contributed by atoms with Crippen LogP contribution in [0, 0.1) is 5.82 Å². The van der Waals surface area contributed by atoms with E-state index in [0.29, 0.717) is 12.5 Å². The molecule has 0 aliphatic rings. The Hall–Kier alpha value is -2.60. The second-order valence-electron chi connectivity index (χ2n) is 5.82. The summed E-state index contributed by atoms with van der Waals surface area (Å²) in [6.45, 7) is 3.48. The van der Waals surface area contributed by atoms with E-state index in [2.05, 4.69) is 51.5 Å². The van der Waals surface area contributed by atoms with Crippen LogP contribution in [0.3, 0.4) is 0 Å². The van der Waals surface area contributed by atoms with E-state index >= 15 is 0 Å². The Bertz CT molecular complexity index is 780. The van der Waals surface area contributed by atoms with Crippen LogP contribution in [-0.2, 0) is 19.6 Å². The quantitative estimate of drug-likeness (QED) is 0.698. The van der Waals surface area contributed by atoms with Crippen molar-refractivity contribution >= 4 is 0 Å². The highest BCUT2D eigenvalue weighted by Crippen LogP contribution is 2.14. The predicted molar refractivity (Wildman–Crippen MR) is 90.5 cm³/mol. The fraction of sp³-hybridized carbons (Fsp3) is 0.278. The molecule has 0 saturated carbocycles. The maximum Gasteiger partial charge on any atom is 0.204 e. The minimum Gasteiger partial charge on any atom is -0.282 e. The Balaban J connectivity index is 1.62. The molecule has 124 valence electrons. The number of rotatable bonds is 6. The van der Waals surface area contributed by atoms with E-state index in [0.717, 1.165) is 18.5 Å². The number of aryl methyl sites for hydroxylation is 1. The van der Waals surface area contributed by atoms with Crippen LogP contribution in [0.4, 0.5) is 4.39 Å². The average molecular weight is 325 g/mol. The molecular weight excluding hydrogens is 305 g/mol. The fourth-order valence-corrected chi connectivity index (χ4v) is 2.48. The minimum atomic E-state index is -0.278. The smallest absolute Gasteiger partial charge is 0.204 e. The van der Waals surface area contributed by atoms with Crippen molar-refractivity contribution in [2.75, 3.05) is 7.05 Å². The van der Waals surface area contributed by atoms with Gasteiger partial charge in [-0.2, -0.15) is 0 Å². The molecule has 3 rings (SSSR count). The van der Waals surface area contributed by atoms with Crippen LogP contribution in [0.15, 0.2) is 48.5 Å². The first kappa shape index (κ1) is 16.3. The lowest BCUT2D eigenvalue weighted by Gasteiger charge is -2.15. The number of hydrogen-bond acceptors (Lipinski definition) is 4. The first-order valence-electron chi connectivity index (χ1n) is 7.94. The lowest BCUT2D eigenvalue weighted by atomic mass is 10.1. The molecule has 0 N–H and O–H groups in total. The van der Waals surface area contributed by atoms with E-state index < -0.39 is 0 Å². The third-order valence-electron chi connectivity index (χ3n) is 3.81. The predicted octanol–water partition coefficient (Wildman–Crippen LogP) is 3.13. The number of hydrogen-bond donors (Lipinski definition) is 0. The standard InChI is InChI=1S/C18H20FN5/c1-3-14-4-6-15(7-5-14)12-23(2)13-24-21-18(20-22-24)16-8-10-17(19)11-9-16/h4-11H,3,12-13H2,1-2H3. The van der Waals surface area contributed by atoms with Gasteiger partial charge in [0, 0.05) is 12.1 Å². The molecular formula is C18H20FN5. The molecule has 24 heavy (non-hydrogen) atoms. The molecule has 0 spiro atoms. The lowest BCUT2D eigenvalue weighted by molar-refractivity contribution is 0.227. The average Bonchev–Trinajstić information content (AvgIpc) is 3.04. The molecule has 0 atom stereocenters. The summed E-state index contributed by atoms with van der Waals surface area (Å²) in [5.41, 5.74) is 3.33. The number of benzene rings is 2. The van der Waals surface area contributed by atoms with E-state index in [1.165, 1.54) is 23.3 Å². The SMILES string of the molecule is CCc1ccc(CN(C)Cn2nnc(-c3ccc(F)cc3)n2)cc1. The normalized spacial score (nSPS) is 11.2. The Kier molecular flexibility index (Phi) is 4.96. The van der Waals surface area contributed by atoms with Crippen LogP contribution in [0.2, 0.25) is 0 Å². The summed E-state index contributed by atoms with van der Waals surface area (Å²) in [4.78, 5) is 3.65. The second kappa shape index (κ2) is 7.31. The van der Waals surface area contributed by atoms with Gasteiger partial charge in [0.25, 0.3) is 0 Å². The summed E-state index contributed by atoms with van der Waals surface area (Å²) in [5.74, 6) is 0.218. The molecule has 1 heterocycles. The lowest BCUT2D eigenvalue weighted by Crippen LogP contribution is -2.23. The second-order valence-corrected chi connectivity index (χ2v) is 5.82. The van der Waals surface area contributed by atoms with Gasteiger partial charge in [-0.05, 0) is 54.1 Å². The molecule has 2 aromatic carbocycles.